The lowest BCUT2D eigenvalue weighted by Gasteiger charge is -2.26. The number of carbonyl (C=O) groups excluding carboxylic acids is 1. The topological polar surface area (TPSA) is 59.5 Å². The molecule has 1 aromatic heterocycles. The largest absolute Gasteiger partial charge is 0.452 e. The summed E-state index contributed by atoms with van der Waals surface area (Å²) in [5, 5.41) is 0.123. The first-order valence-electron chi connectivity index (χ1n) is 6.37. The summed E-state index contributed by atoms with van der Waals surface area (Å²) in [6.45, 7) is 4.42. The van der Waals surface area contributed by atoms with E-state index in [1.54, 1.807) is 11.0 Å². The first-order valence-corrected chi connectivity index (χ1v) is 6.75. The van der Waals surface area contributed by atoms with Gasteiger partial charge in [-0.1, -0.05) is 12.1 Å². The number of furan rings is 1. The zero-order chi connectivity index (χ0) is 14.7. The molecule has 20 heavy (non-hydrogen) atoms. The van der Waals surface area contributed by atoms with Crippen LogP contribution in [-0.4, -0.2) is 16.8 Å². The molecule has 2 aromatic rings. The summed E-state index contributed by atoms with van der Waals surface area (Å²) in [7, 11) is 0. The molecule has 2 rings (SSSR count). The van der Waals surface area contributed by atoms with Gasteiger partial charge in [0.05, 0.1) is 11.8 Å². The first kappa shape index (κ1) is 14.5. The van der Waals surface area contributed by atoms with Gasteiger partial charge in [-0.25, -0.2) is 0 Å². The Balaban J connectivity index is 2.21. The molecule has 0 saturated heterocycles. The van der Waals surface area contributed by atoms with Gasteiger partial charge in [-0.05, 0) is 49.2 Å². The number of nitrogen functional groups attached to an aromatic ring is 1. The van der Waals surface area contributed by atoms with Crippen molar-refractivity contribution in [2.75, 3.05) is 5.73 Å². The monoisotopic (exact) mass is 292 g/mol. The molecule has 0 unspecified atom stereocenters. The molecular weight excluding hydrogens is 276 g/mol. The maximum atomic E-state index is 12.5. The van der Waals surface area contributed by atoms with E-state index >= 15 is 0 Å². The number of rotatable bonds is 4. The van der Waals surface area contributed by atoms with Crippen molar-refractivity contribution in [2.24, 2.45) is 0 Å². The fourth-order valence-electron chi connectivity index (χ4n) is 1.91. The van der Waals surface area contributed by atoms with Crippen molar-refractivity contribution in [1.82, 2.24) is 4.90 Å². The Morgan fingerprint density at radius 3 is 2.45 bits per heavy atom. The molecule has 5 heteroatoms. The summed E-state index contributed by atoms with van der Waals surface area (Å²) in [6, 6.07) is 9.10. The Bertz CT molecular complexity index is 590. The Kier molecular flexibility index (Phi) is 4.35. The van der Waals surface area contributed by atoms with Crippen LogP contribution in [0.3, 0.4) is 0 Å². The van der Waals surface area contributed by atoms with Gasteiger partial charge in [-0.2, -0.15) is 0 Å². The van der Waals surface area contributed by atoms with Crippen LogP contribution in [0.1, 0.15) is 29.8 Å². The van der Waals surface area contributed by atoms with Crippen LogP contribution in [0, 0.1) is 0 Å². The normalized spacial score (nSPS) is 10.8. The van der Waals surface area contributed by atoms with Gasteiger partial charge in [0.15, 0.2) is 0 Å². The van der Waals surface area contributed by atoms with E-state index in [0.717, 1.165) is 5.56 Å². The SMILES string of the molecule is CC(C)N(Cc1ccc(N)cc1)C(=O)c1ccoc1Cl. The first-order chi connectivity index (χ1) is 9.49. The van der Waals surface area contributed by atoms with Crippen LogP contribution in [0.15, 0.2) is 41.0 Å². The minimum atomic E-state index is -0.143. The molecule has 0 saturated carbocycles. The lowest BCUT2D eigenvalue weighted by Crippen LogP contribution is -2.36. The smallest absolute Gasteiger partial charge is 0.259 e. The molecule has 106 valence electrons. The molecule has 0 atom stereocenters. The summed E-state index contributed by atoms with van der Waals surface area (Å²) in [6.07, 6.45) is 1.41. The van der Waals surface area contributed by atoms with E-state index < -0.39 is 0 Å². The molecule has 2 N–H and O–H groups in total. The van der Waals surface area contributed by atoms with E-state index in [2.05, 4.69) is 0 Å². The van der Waals surface area contributed by atoms with Gasteiger partial charge >= 0.3 is 0 Å². The average Bonchev–Trinajstić information content (AvgIpc) is 2.83. The quantitative estimate of drug-likeness (QED) is 0.877. The van der Waals surface area contributed by atoms with Crippen LogP contribution in [0.4, 0.5) is 5.69 Å². The standard InChI is InChI=1S/C15H17ClN2O2/c1-10(2)18(9-11-3-5-12(17)6-4-11)15(19)13-7-8-20-14(13)16/h3-8,10H,9,17H2,1-2H3. The lowest BCUT2D eigenvalue weighted by molar-refractivity contribution is 0.0690. The molecule has 1 amide bonds. The van der Waals surface area contributed by atoms with Gasteiger partial charge in [0.2, 0.25) is 5.22 Å². The van der Waals surface area contributed by atoms with Crippen LogP contribution >= 0.6 is 11.6 Å². The second kappa shape index (κ2) is 6.01. The predicted octanol–water partition coefficient (Wildman–Crippen LogP) is 3.57. The number of benzene rings is 1. The van der Waals surface area contributed by atoms with Crippen LogP contribution in [0.5, 0.6) is 0 Å². The van der Waals surface area contributed by atoms with Gasteiger partial charge in [0.25, 0.3) is 5.91 Å². The van der Waals surface area contributed by atoms with Gasteiger partial charge in [0, 0.05) is 18.3 Å². The molecular formula is C15H17ClN2O2. The highest BCUT2D eigenvalue weighted by Gasteiger charge is 2.22. The number of hydrogen-bond donors (Lipinski definition) is 1. The van der Waals surface area contributed by atoms with Crippen molar-refractivity contribution in [3.63, 3.8) is 0 Å². The summed E-state index contributed by atoms with van der Waals surface area (Å²) in [4.78, 5) is 14.2. The zero-order valence-corrected chi connectivity index (χ0v) is 12.2. The molecule has 0 bridgehead atoms. The van der Waals surface area contributed by atoms with E-state index in [9.17, 15) is 4.79 Å². The molecule has 0 aliphatic heterocycles. The minimum absolute atomic E-state index is 0.0472. The second-order valence-corrected chi connectivity index (χ2v) is 5.22. The molecule has 4 nitrogen and oxygen atoms in total. The molecule has 0 spiro atoms. The van der Waals surface area contributed by atoms with Gasteiger partial charge < -0.3 is 15.1 Å². The van der Waals surface area contributed by atoms with E-state index in [-0.39, 0.29) is 17.2 Å². The van der Waals surface area contributed by atoms with Gasteiger partial charge in [-0.3, -0.25) is 4.79 Å². The van der Waals surface area contributed by atoms with Crippen LogP contribution in [0.25, 0.3) is 0 Å². The Hall–Kier alpha value is -1.94. The molecule has 0 aliphatic rings. The van der Waals surface area contributed by atoms with Crippen molar-refractivity contribution >= 4 is 23.2 Å². The average molecular weight is 293 g/mol. The Morgan fingerprint density at radius 2 is 1.95 bits per heavy atom. The maximum Gasteiger partial charge on any atom is 0.259 e. The van der Waals surface area contributed by atoms with Gasteiger partial charge in [0.1, 0.15) is 0 Å². The van der Waals surface area contributed by atoms with E-state index in [0.29, 0.717) is 17.8 Å². The minimum Gasteiger partial charge on any atom is -0.452 e. The Labute approximate surface area is 123 Å². The van der Waals surface area contributed by atoms with Crippen molar-refractivity contribution in [3.05, 3.63) is 52.9 Å². The van der Waals surface area contributed by atoms with Crippen molar-refractivity contribution < 1.29 is 9.21 Å². The van der Waals surface area contributed by atoms with Crippen LogP contribution in [-0.2, 0) is 6.54 Å². The van der Waals surface area contributed by atoms with Crippen molar-refractivity contribution in [1.29, 1.82) is 0 Å². The summed E-state index contributed by atoms with van der Waals surface area (Å²) >= 11 is 5.88. The number of halogens is 1. The van der Waals surface area contributed by atoms with Crippen molar-refractivity contribution in [2.45, 2.75) is 26.4 Å². The highest BCUT2D eigenvalue weighted by Crippen LogP contribution is 2.21. The van der Waals surface area contributed by atoms with Gasteiger partial charge in [-0.15, -0.1) is 0 Å². The highest BCUT2D eigenvalue weighted by atomic mass is 35.5. The number of amides is 1. The lowest BCUT2D eigenvalue weighted by atomic mass is 10.1. The summed E-state index contributed by atoms with van der Waals surface area (Å²) in [5.74, 6) is -0.143. The molecule has 1 heterocycles. The maximum absolute atomic E-state index is 12.5. The molecule has 0 aliphatic carbocycles. The third-order valence-corrected chi connectivity index (χ3v) is 3.36. The molecule has 1 aromatic carbocycles. The predicted molar refractivity (Wildman–Crippen MR) is 79.6 cm³/mol. The van der Waals surface area contributed by atoms with E-state index in [1.807, 2.05) is 38.1 Å². The number of anilines is 1. The third kappa shape index (κ3) is 3.14. The third-order valence-electron chi connectivity index (χ3n) is 3.07. The Morgan fingerprint density at radius 1 is 1.30 bits per heavy atom. The van der Waals surface area contributed by atoms with E-state index in [4.69, 9.17) is 21.8 Å². The second-order valence-electron chi connectivity index (χ2n) is 4.88. The number of carbonyl (C=O) groups is 1. The molecule has 0 radical (unpaired) electrons. The number of hydrogen-bond acceptors (Lipinski definition) is 3. The van der Waals surface area contributed by atoms with E-state index in [1.165, 1.54) is 6.26 Å². The fourth-order valence-corrected chi connectivity index (χ4v) is 2.10. The highest BCUT2D eigenvalue weighted by molar-refractivity contribution is 6.32. The summed E-state index contributed by atoms with van der Waals surface area (Å²) < 4.78 is 4.98. The number of nitrogens with zero attached hydrogens (tertiary/aromatic N) is 1. The van der Waals surface area contributed by atoms with Crippen molar-refractivity contribution in [3.8, 4) is 0 Å². The zero-order valence-electron chi connectivity index (χ0n) is 11.5. The summed E-state index contributed by atoms with van der Waals surface area (Å²) in [5.41, 5.74) is 7.77. The van der Waals surface area contributed by atoms with Crippen LogP contribution < -0.4 is 5.73 Å². The van der Waals surface area contributed by atoms with Crippen LogP contribution in [0.2, 0.25) is 5.22 Å². The molecule has 0 fully saturated rings. The number of nitrogens with two attached hydrogens (primary N) is 1. The fraction of sp³-hybridized carbons (Fsp3) is 0.267.